The number of hydrogen-bond donors (Lipinski definition) is 1. The van der Waals surface area contributed by atoms with Gasteiger partial charge in [0.2, 0.25) is 0 Å². The predicted molar refractivity (Wildman–Crippen MR) is 68.8 cm³/mol. The number of nitrogens with zero attached hydrogens (tertiary/aromatic N) is 1. The molecule has 0 aromatic rings. The first-order valence-electron chi connectivity index (χ1n) is 6.78. The van der Waals surface area contributed by atoms with Crippen LogP contribution in [0.4, 0.5) is 0 Å². The van der Waals surface area contributed by atoms with E-state index in [4.69, 9.17) is 4.74 Å². The van der Waals surface area contributed by atoms with Crippen LogP contribution in [-0.2, 0) is 4.74 Å². The lowest BCUT2D eigenvalue weighted by Crippen LogP contribution is -2.39. The van der Waals surface area contributed by atoms with Gasteiger partial charge in [-0.3, -0.25) is 4.90 Å². The van der Waals surface area contributed by atoms with E-state index in [9.17, 15) is 0 Å². The molecule has 1 aliphatic heterocycles. The monoisotopic (exact) mass is 228 g/mol. The molecule has 2 atom stereocenters. The Morgan fingerprint density at radius 1 is 1.38 bits per heavy atom. The molecule has 0 saturated carbocycles. The lowest BCUT2D eigenvalue weighted by atomic mass is 10.1. The van der Waals surface area contributed by atoms with E-state index in [1.54, 1.807) is 0 Å². The van der Waals surface area contributed by atoms with Crippen LogP contribution >= 0.6 is 0 Å². The molecule has 0 bridgehead atoms. The van der Waals surface area contributed by atoms with Crippen LogP contribution in [0.25, 0.3) is 0 Å². The first kappa shape index (κ1) is 13.9. The Kier molecular flexibility index (Phi) is 7.01. The van der Waals surface area contributed by atoms with Crippen LogP contribution < -0.4 is 5.32 Å². The highest BCUT2D eigenvalue weighted by molar-refractivity contribution is 4.85. The van der Waals surface area contributed by atoms with Gasteiger partial charge in [0.05, 0.1) is 6.61 Å². The van der Waals surface area contributed by atoms with Crippen molar-refractivity contribution in [1.82, 2.24) is 10.2 Å². The number of methoxy groups -OCH3 is 1. The average molecular weight is 228 g/mol. The fraction of sp³-hybridized carbons (Fsp3) is 1.00. The highest BCUT2D eigenvalue weighted by atomic mass is 16.5. The molecule has 1 heterocycles. The van der Waals surface area contributed by atoms with Crippen LogP contribution in [0, 0.1) is 0 Å². The molecular formula is C13H28N2O. The SMILES string of the molecule is CCCNC1CCN(C(CCC)COC)C1. The van der Waals surface area contributed by atoms with Crippen molar-refractivity contribution in [2.24, 2.45) is 0 Å². The summed E-state index contributed by atoms with van der Waals surface area (Å²) in [5.41, 5.74) is 0. The first-order valence-corrected chi connectivity index (χ1v) is 6.78. The molecule has 2 unspecified atom stereocenters. The Morgan fingerprint density at radius 2 is 2.19 bits per heavy atom. The van der Waals surface area contributed by atoms with Crippen molar-refractivity contribution in [1.29, 1.82) is 0 Å². The van der Waals surface area contributed by atoms with Gasteiger partial charge in [0.1, 0.15) is 0 Å². The molecule has 1 saturated heterocycles. The summed E-state index contributed by atoms with van der Waals surface area (Å²) in [6, 6.07) is 1.33. The average Bonchev–Trinajstić information content (AvgIpc) is 2.74. The van der Waals surface area contributed by atoms with Crippen LogP contribution in [-0.4, -0.2) is 50.3 Å². The van der Waals surface area contributed by atoms with Crippen molar-refractivity contribution in [3.8, 4) is 0 Å². The van der Waals surface area contributed by atoms with E-state index in [1.807, 2.05) is 7.11 Å². The summed E-state index contributed by atoms with van der Waals surface area (Å²) in [5, 5.41) is 3.62. The minimum Gasteiger partial charge on any atom is -0.383 e. The first-order chi connectivity index (χ1) is 7.81. The second-order valence-electron chi connectivity index (χ2n) is 4.83. The third-order valence-electron chi connectivity index (χ3n) is 3.40. The van der Waals surface area contributed by atoms with Crippen molar-refractivity contribution in [3.05, 3.63) is 0 Å². The molecule has 0 spiro atoms. The van der Waals surface area contributed by atoms with Crippen LogP contribution in [0.1, 0.15) is 39.5 Å². The Morgan fingerprint density at radius 3 is 2.81 bits per heavy atom. The Labute approximate surface area is 101 Å². The summed E-state index contributed by atoms with van der Waals surface area (Å²) in [6.07, 6.45) is 5.03. The molecule has 1 aliphatic rings. The van der Waals surface area contributed by atoms with Gasteiger partial charge in [-0.1, -0.05) is 20.3 Å². The molecule has 0 aromatic carbocycles. The van der Waals surface area contributed by atoms with Crippen LogP contribution in [0.5, 0.6) is 0 Å². The molecule has 1 rings (SSSR count). The van der Waals surface area contributed by atoms with E-state index in [2.05, 4.69) is 24.1 Å². The van der Waals surface area contributed by atoms with E-state index in [0.29, 0.717) is 12.1 Å². The van der Waals surface area contributed by atoms with Crippen molar-refractivity contribution in [2.75, 3.05) is 33.4 Å². The van der Waals surface area contributed by atoms with Gasteiger partial charge in [0.25, 0.3) is 0 Å². The summed E-state index contributed by atoms with van der Waals surface area (Å²) in [7, 11) is 1.81. The largest absolute Gasteiger partial charge is 0.383 e. The zero-order valence-electron chi connectivity index (χ0n) is 11.2. The van der Waals surface area contributed by atoms with Gasteiger partial charge < -0.3 is 10.1 Å². The van der Waals surface area contributed by atoms with Crippen LogP contribution in [0.2, 0.25) is 0 Å². The Bertz CT molecular complexity index is 169. The topological polar surface area (TPSA) is 24.5 Å². The summed E-state index contributed by atoms with van der Waals surface area (Å²) >= 11 is 0. The highest BCUT2D eigenvalue weighted by Gasteiger charge is 2.27. The molecule has 0 aliphatic carbocycles. The Balaban J connectivity index is 2.30. The maximum atomic E-state index is 5.32. The molecular weight excluding hydrogens is 200 g/mol. The molecule has 0 aromatic heterocycles. The van der Waals surface area contributed by atoms with E-state index < -0.39 is 0 Å². The Hall–Kier alpha value is -0.120. The molecule has 3 heteroatoms. The van der Waals surface area contributed by atoms with Gasteiger partial charge in [0.15, 0.2) is 0 Å². The zero-order valence-corrected chi connectivity index (χ0v) is 11.2. The smallest absolute Gasteiger partial charge is 0.0618 e. The maximum absolute atomic E-state index is 5.32. The van der Waals surface area contributed by atoms with Gasteiger partial charge in [0, 0.05) is 32.3 Å². The minimum atomic E-state index is 0.628. The fourth-order valence-electron chi connectivity index (χ4n) is 2.53. The molecule has 16 heavy (non-hydrogen) atoms. The van der Waals surface area contributed by atoms with Crippen LogP contribution in [0.3, 0.4) is 0 Å². The molecule has 0 radical (unpaired) electrons. The van der Waals surface area contributed by atoms with Crippen molar-refractivity contribution < 1.29 is 4.74 Å². The van der Waals surface area contributed by atoms with Gasteiger partial charge in [-0.25, -0.2) is 0 Å². The number of rotatable bonds is 8. The van der Waals surface area contributed by atoms with Gasteiger partial charge in [-0.15, -0.1) is 0 Å². The zero-order chi connectivity index (χ0) is 11.8. The molecule has 0 amide bonds. The normalized spacial score (nSPS) is 23.8. The number of nitrogens with one attached hydrogen (secondary N) is 1. The van der Waals surface area contributed by atoms with E-state index >= 15 is 0 Å². The fourth-order valence-corrected chi connectivity index (χ4v) is 2.53. The second kappa shape index (κ2) is 8.04. The minimum absolute atomic E-state index is 0.628. The number of likely N-dealkylation sites (tertiary alicyclic amines) is 1. The van der Waals surface area contributed by atoms with Gasteiger partial charge in [-0.2, -0.15) is 0 Å². The molecule has 96 valence electrons. The van der Waals surface area contributed by atoms with E-state index in [-0.39, 0.29) is 0 Å². The standard InChI is InChI=1S/C13H28N2O/c1-4-6-13(11-16-3)15-9-7-12(10-15)14-8-5-2/h12-14H,4-11H2,1-3H3. The van der Waals surface area contributed by atoms with E-state index in [0.717, 1.165) is 13.2 Å². The summed E-state index contributed by atoms with van der Waals surface area (Å²) < 4.78 is 5.32. The highest BCUT2D eigenvalue weighted by Crippen LogP contribution is 2.16. The molecule has 1 fully saturated rings. The number of hydrogen-bond acceptors (Lipinski definition) is 3. The summed E-state index contributed by atoms with van der Waals surface area (Å²) in [5.74, 6) is 0. The number of ether oxygens (including phenoxy) is 1. The van der Waals surface area contributed by atoms with Crippen molar-refractivity contribution in [3.63, 3.8) is 0 Å². The molecule has 3 nitrogen and oxygen atoms in total. The summed E-state index contributed by atoms with van der Waals surface area (Å²) in [4.78, 5) is 2.60. The lowest BCUT2D eigenvalue weighted by molar-refractivity contribution is 0.0981. The quantitative estimate of drug-likeness (QED) is 0.686. The maximum Gasteiger partial charge on any atom is 0.0618 e. The van der Waals surface area contributed by atoms with Crippen LogP contribution in [0.15, 0.2) is 0 Å². The van der Waals surface area contributed by atoms with Crippen molar-refractivity contribution >= 4 is 0 Å². The third kappa shape index (κ3) is 4.40. The third-order valence-corrected chi connectivity index (χ3v) is 3.40. The van der Waals surface area contributed by atoms with E-state index in [1.165, 1.54) is 38.8 Å². The summed E-state index contributed by atoms with van der Waals surface area (Å²) in [6.45, 7) is 8.95. The van der Waals surface area contributed by atoms with Gasteiger partial charge in [-0.05, 0) is 25.8 Å². The lowest BCUT2D eigenvalue weighted by Gasteiger charge is -2.27. The van der Waals surface area contributed by atoms with Gasteiger partial charge >= 0.3 is 0 Å². The predicted octanol–water partition coefficient (Wildman–Crippen LogP) is 1.88. The molecule has 1 N–H and O–H groups in total. The second-order valence-corrected chi connectivity index (χ2v) is 4.83. The van der Waals surface area contributed by atoms with Crippen molar-refractivity contribution in [2.45, 2.75) is 51.6 Å².